The average Bonchev–Trinajstić information content (AvgIpc) is 2.93. The summed E-state index contributed by atoms with van der Waals surface area (Å²) in [5, 5.41) is 2.68. The first kappa shape index (κ1) is 16.0. The predicted octanol–water partition coefficient (Wildman–Crippen LogP) is 6.74. The van der Waals surface area contributed by atoms with E-state index in [1.165, 1.54) is 63.4 Å². The zero-order valence-electron chi connectivity index (χ0n) is 15.3. The van der Waals surface area contributed by atoms with Gasteiger partial charge in [-0.15, -0.1) is 0 Å². The second-order valence-electron chi connectivity index (χ2n) is 7.15. The molecule has 0 aliphatic carbocycles. The van der Waals surface area contributed by atoms with Crippen LogP contribution in [0, 0.1) is 13.8 Å². The van der Waals surface area contributed by atoms with E-state index < -0.39 is 0 Å². The van der Waals surface area contributed by atoms with Crippen LogP contribution in [0.5, 0.6) is 0 Å². The van der Waals surface area contributed by atoms with Gasteiger partial charge in [-0.3, -0.25) is 0 Å². The van der Waals surface area contributed by atoms with E-state index in [1.807, 2.05) is 0 Å². The standard InChI is InChI=1S/C24H25N/c1-4-5-6-19-9-11-20(12-10-19)25-23-13-7-17(2)15-21(23)22-16-18(3)8-14-24(22)25/h7-16H,4-6H2,1-3H3. The lowest BCUT2D eigenvalue weighted by Gasteiger charge is -2.09. The maximum atomic E-state index is 2.40. The summed E-state index contributed by atoms with van der Waals surface area (Å²) in [6.45, 7) is 6.58. The molecule has 1 nitrogen and oxygen atoms in total. The van der Waals surface area contributed by atoms with Crippen molar-refractivity contribution in [1.29, 1.82) is 0 Å². The quantitative estimate of drug-likeness (QED) is 0.391. The van der Waals surface area contributed by atoms with Crippen molar-refractivity contribution in [2.24, 2.45) is 0 Å². The molecular formula is C24H25N. The van der Waals surface area contributed by atoms with Crippen molar-refractivity contribution in [2.45, 2.75) is 40.0 Å². The van der Waals surface area contributed by atoms with Crippen LogP contribution in [0.4, 0.5) is 0 Å². The van der Waals surface area contributed by atoms with Crippen LogP contribution in [0.2, 0.25) is 0 Å². The molecule has 3 aromatic carbocycles. The number of fused-ring (bicyclic) bond motifs is 3. The summed E-state index contributed by atoms with van der Waals surface area (Å²) in [6.07, 6.45) is 3.67. The van der Waals surface area contributed by atoms with Crippen LogP contribution in [-0.4, -0.2) is 4.57 Å². The van der Waals surface area contributed by atoms with E-state index in [0.717, 1.165) is 0 Å². The Morgan fingerprint density at radius 1 is 0.720 bits per heavy atom. The fraction of sp³-hybridized carbons (Fsp3) is 0.250. The van der Waals surface area contributed by atoms with E-state index in [2.05, 4.69) is 86.0 Å². The van der Waals surface area contributed by atoms with Gasteiger partial charge in [0.2, 0.25) is 0 Å². The monoisotopic (exact) mass is 327 g/mol. The van der Waals surface area contributed by atoms with Gasteiger partial charge in [0.15, 0.2) is 0 Å². The molecule has 0 aliphatic heterocycles. The molecule has 1 aromatic heterocycles. The Morgan fingerprint density at radius 2 is 1.28 bits per heavy atom. The van der Waals surface area contributed by atoms with E-state index in [4.69, 9.17) is 0 Å². The molecule has 1 heterocycles. The van der Waals surface area contributed by atoms with Crippen LogP contribution in [0.3, 0.4) is 0 Å². The molecular weight excluding hydrogens is 302 g/mol. The van der Waals surface area contributed by atoms with Crippen molar-refractivity contribution in [2.75, 3.05) is 0 Å². The second-order valence-corrected chi connectivity index (χ2v) is 7.15. The van der Waals surface area contributed by atoms with E-state index in [1.54, 1.807) is 0 Å². The van der Waals surface area contributed by atoms with Crippen LogP contribution in [-0.2, 0) is 6.42 Å². The normalized spacial score (nSPS) is 11.5. The zero-order chi connectivity index (χ0) is 17.4. The minimum atomic E-state index is 1.17. The van der Waals surface area contributed by atoms with E-state index in [0.29, 0.717) is 0 Å². The molecule has 0 atom stereocenters. The minimum absolute atomic E-state index is 1.17. The lowest BCUT2D eigenvalue weighted by Crippen LogP contribution is -1.94. The third-order valence-electron chi connectivity index (χ3n) is 5.09. The van der Waals surface area contributed by atoms with Gasteiger partial charge in [-0.25, -0.2) is 0 Å². The summed E-state index contributed by atoms with van der Waals surface area (Å²) < 4.78 is 2.40. The Balaban J connectivity index is 1.93. The summed E-state index contributed by atoms with van der Waals surface area (Å²) in [5.41, 5.74) is 7.86. The molecule has 0 radical (unpaired) electrons. The van der Waals surface area contributed by atoms with Crippen molar-refractivity contribution >= 4 is 21.8 Å². The van der Waals surface area contributed by atoms with Crippen molar-refractivity contribution in [3.8, 4) is 5.69 Å². The van der Waals surface area contributed by atoms with Gasteiger partial charge in [-0.2, -0.15) is 0 Å². The molecule has 0 aliphatic rings. The number of unbranched alkanes of at least 4 members (excludes halogenated alkanes) is 1. The highest BCUT2D eigenvalue weighted by molar-refractivity contribution is 6.09. The van der Waals surface area contributed by atoms with E-state index in [9.17, 15) is 0 Å². The summed E-state index contributed by atoms with van der Waals surface area (Å²) in [5.74, 6) is 0. The number of rotatable bonds is 4. The van der Waals surface area contributed by atoms with Gasteiger partial charge in [0.25, 0.3) is 0 Å². The van der Waals surface area contributed by atoms with Crippen LogP contribution < -0.4 is 0 Å². The number of hydrogen-bond acceptors (Lipinski definition) is 0. The number of aryl methyl sites for hydroxylation is 3. The lowest BCUT2D eigenvalue weighted by atomic mass is 10.1. The summed E-state index contributed by atoms with van der Waals surface area (Å²) in [4.78, 5) is 0. The van der Waals surface area contributed by atoms with Crippen molar-refractivity contribution in [1.82, 2.24) is 4.57 Å². The summed E-state index contributed by atoms with van der Waals surface area (Å²) in [7, 11) is 0. The maximum Gasteiger partial charge on any atom is 0.0541 e. The van der Waals surface area contributed by atoms with Crippen LogP contribution in [0.25, 0.3) is 27.5 Å². The minimum Gasteiger partial charge on any atom is -0.309 e. The Morgan fingerprint density at radius 3 is 1.80 bits per heavy atom. The Kier molecular flexibility index (Phi) is 4.09. The molecule has 4 aromatic rings. The molecule has 126 valence electrons. The predicted molar refractivity (Wildman–Crippen MR) is 109 cm³/mol. The topological polar surface area (TPSA) is 4.93 Å². The van der Waals surface area contributed by atoms with Crippen LogP contribution >= 0.6 is 0 Å². The van der Waals surface area contributed by atoms with Gasteiger partial charge in [-0.05, 0) is 68.7 Å². The molecule has 0 fully saturated rings. The van der Waals surface area contributed by atoms with E-state index in [-0.39, 0.29) is 0 Å². The van der Waals surface area contributed by atoms with Gasteiger partial charge in [0.1, 0.15) is 0 Å². The second kappa shape index (κ2) is 6.40. The van der Waals surface area contributed by atoms with Crippen molar-refractivity contribution < 1.29 is 0 Å². The SMILES string of the molecule is CCCCc1ccc(-n2c3ccc(C)cc3c3cc(C)ccc32)cc1. The average molecular weight is 327 g/mol. The van der Waals surface area contributed by atoms with Gasteiger partial charge < -0.3 is 4.57 Å². The highest BCUT2D eigenvalue weighted by atomic mass is 15.0. The fourth-order valence-corrected chi connectivity index (χ4v) is 3.72. The fourth-order valence-electron chi connectivity index (χ4n) is 3.72. The number of benzene rings is 3. The molecule has 0 spiro atoms. The third-order valence-corrected chi connectivity index (χ3v) is 5.09. The van der Waals surface area contributed by atoms with E-state index >= 15 is 0 Å². The lowest BCUT2D eigenvalue weighted by molar-refractivity contribution is 0.795. The third kappa shape index (κ3) is 2.84. The van der Waals surface area contributed by atoms with Gasteiger partial charge in [-0.1, -0.05) is 48.7 Å². The molecule has 1 heteroatoms. The van der Waals surface area contributed by atoms with Crippen molar-refractivity contribution in [3.63, 3.8) is 0 Å². The maximum absolute atomic E-state index is 2.40. The number of hydrogen-bond donors (Lipinski definition) is 0. The summed E-state index contributed by atoms with van der Waals surface area (Å²) >= 11 is 0. The molecule has 0 N–H and O–H groups in total. The summed E-state index contributed by atoms with van der Waals surface area (Å²) in [6, 6.07) is 22.6. The Labute approximate surface area is 149 Å². The first-order valence-electron chi connectivity index (χ1n) is 9.28. The first-order valence-corrected chi connectivity index (χ1v) is 9.28. The molecule has 25 heavy (non-hydrogen) atoms. The molecule has 0 amide bonds. The van der Waals surface area contributed by atoms with Crippen LogP contribution in [0.1, 0.15) is 36.5 Å². The first-order chi connectivity index (χ1) is 12.2. The molecule has 0 bridgehead atoms. The van der Waals surface area contributed by atoms with Gasteiger partial charge >= 0.3 is 0 Å². The Hall–Kier alpha value is -2.54. The molecule has 4 rings (SSSR count). The zero-order valence-corrected chi connectivity index (χ0v) is 15.3. The van der Waals surface area contributed by atoms with Gasteiger partial charge in [0.05, 0.1) is 11.0 Å². The highest BCUT2D eigenvalue weighted by Crippen LogP contribution is 2.33. The Bertz CT molecular complexity index is 976. The number of aromatic nitrogens is 1. The molecule has 0 unspecified atom stereocenters. The largest absolute Gasteiger partial charge is 0.309 e. The number of nitrogens with zero attached hydrogens (tertiary/aromatic N) is 1. The van der Waals surface area contributed by atoms with Gasteiger partial charge in [0, 0.05) is 16.5 Å². The van der Waals surface area contributed by atoms with Crippen LogP contribution in [0.15, 0.2) is 60.7 Å². The highest BCUT2D eigenvalue weighted by Gasteiger charge is 2.12. The molecule has 0 saturated carbocycles. The smallest absolute Gasteiger partial charge is 0.0541 e. The van der Waals surface area contributed by atoms with Crippen molar-refractivity contribution in [3.05, 3.63) is 77.4 Å². The molecule has 0 saturated heterocycles.